The summed E-state index contributed by atoms with van der Waals surface area (Å²) in [7, 11) is 0. The molecule has 140 valence electrons. The van der Waals surface area contributed by atoms with E-state index in [1.54, 1.807) is 0 Å². The van der Waals surface area contributed by atoms with Crippen LogP contribution in [0.1, 0.15) is 43.7 Å². The Bertz CT molecular complexity index is 824. The second-order valence-electron chi connectivity index (χ2n) is 7.36. The zero-order valence-electron chi connectivity index (χ0n) is 16.1. The van der Waals surface area contributed by atoms with Crippen LogP contribution in [-0.2, 0) is 6.42 Å². The van der Waals surface area contributed by atoms with Gasteiger partial charge in [-0.15, -0.1) is 0 Å². The summed E-state index contributed by atoms with van der Waals surface area (Å²) in [6.07, 6.45) is 3.38. The van der Waals surface area contributed by atoms with Crippen LogP contribution in [0.2, 0.25) is 5.02 Å². The number of aryl methyl sites for hydroxylation is 1. The highest BCUT2D eigenvalue weighted by molar-refractivity contribution is 6.30. The van der Waals surface area contributed by atoms with Crippen LogP contribution in [0.15, 0.2) is 78.9 Å². The smallest absolute Gasteiger partial charge is 0.127 e. The molecule has 0 bridgehead atoms. The summed E-state index contributed by atoms with van der Waals surface area (Å²) in [5.41, 5.74) is 2.71. The number of halogens is 1. The molecule has 0 radical (unpaired) electrons. The van der Waals surface area contributed by atoms with Gasteiger partial charge < -0.3 is 4.74 Å². The molecule has 0 aliphatic heterocycles. The van der Waals surface area contributed by atoms with Crippen molar-refractivity contribution in [2.75, 3.05) is 0 Å². The number of benzene rings is 3. The van der Waals surface area contributed by atoms with E-state index in [-0.39, 0.29) is 0 Å². The van der Waals surface area contributed by atoms with Crippen molar-refractivity contribution in [3.05, 3.63) is 95.0 Å². The highest BCUT2D eigenvalue weighted by atomic mass is 35.5. The SMILES string of the molecule is CC(C)C(CCCc1cccc(Oc2ccccc2)c1)c1ccc(Cl)cc1. The lowest BCUT2D eigenvalue weighted by Crippen LogP contribution is -2.07. The van der Waals surface area contributed by atoms with Crippen molar-refractivity contribution in [2.45, 2.75) is 39.0 Å². The molecule has 0 heterocycles. The predicted octanol–water partition coefficient (Wildman–Crippen LogP) is 7.89. The minimum Gasteiger partial charge on any atom is -0.457 e. The number of rotatable bonds is 8. The topological polar surface area (TPSA) is 9.23 Å². The molecule has 2 heteroatoms. The largest absolute Gasteiger partial charge is 0.457 e. The minimum atomic E-state index is 0.561. The van der Waals surface area contributed by atoms with Crippen molar-refractivity contribution in [3.8, 4) is 11.5 Å². The Balaban J connectivity index is 1.59. The average Bonchev–Trinajstić information content (AvgIpc) is 2.67. The van der Waals surface area contributed by atoms with E-state index in [0.29, 0.717) is 11.8 Å². The second kappa shape index (κ2) is 9.62. The number of hydrogen-bond donors (Lipinski definition) is 0. The van der Waals surface area contributed by atoms with Gasteiger partial charge in [-0.3, -0.25) is 0 Å². The van der Waals surface area contributed by atoms with E-state index in [0.717, 1.165) is 29.4 Å². The molecule has 0 aromatic heterocycles. The monoisotopic (exact) mass is 378 g/mol. The van der Waals surface area contributed by atoms with Crippen LogP contribution >= 0.6 is 11.6 Å². The highest BCUT2D eigenvalue weighted by Crippen LogP contribution is 2.31. The van der Waals surface area contributed by atoms with Crippen molar-refractivity contribution < 1.29 is 4.74 Å². The van der Waals surface area contributed by atoms with E-state index in [1.165, 1.54) is 17.5 Å². The van der Waals surface area contributed by atoms with E-state index in [2.05, 4.69) is 44.2 Å². The van der Waals surface area contributed by atoms with Crippen molar-refractivity contribution in [1.29, 1.82) is 0 Å². The first-order valence-corrected chi connectivity index (χ1v) is 10.1. The molecule has 0 spiro atoms. The van der Waals surface area contributed by atoms with Gasteiger partial charge in [0.2, 0.25) is 0 Å². The van der Waals surface area contributed by atoms with Gasteiger partial charge >= 0.3 is 0 Å². The quantitative estimate of drug-likeness (QED) is 0.387. The third-order valence-electron chi connectivity index (χ3n) is 4.96. The highest BCUT2D eigenvalue weighted by Gasteiger charge is 2.15. The first-order chi connectivity index (χ1) is 13.1. The zero-order chi connectivity index (χ0) is 19.1. The summed E-state index contributed by atoms with van der Waals surface area (Å²) in [5, 5.41) is 0.802. The lowest BCUT2D eigenvalue weighted by atomic mass is 9.84. The van der Waals surface area contributed by atoms with Gasteiger partial charge in [-0.1, -0.05) is 67.9 Å². The van der Waals surface area contributed by atoms with Crippen molar-refractivity contribution in [1.82, 2.24) is 0 Å². The Morgan fingerprint density at radius 2 is 1.52 bits per heavy atom. The second-order valence-corrected chi connectivity index (χ2v) is 7.79. The molecule has 27 heavy (non-hydrogen) atoms. The Morgan fingerprint density at radius 1 is 0.815 bits per heavy atom. The summed E-state index contributed by atoms with van der Waals surface area (Å²) in [6.45, 7) is 4.60. The molecule has 1 atom stereocenters. The van der Waals surface area contributed by atoms with Gasteiger partial charge in [-0.25, -0.2) is 0 Å². The third-order valence-corrected chi connectivity index (χ3v) is 5.21. The van der Waals surface area contributed by atoms with Crippen molar-refractivity contribution in [3.63, 3.8) is 0 Å². The molecular formula is C25H27ClO. The predicted molar refractivity (Wildman–Crippen MR) is 115 cm³/mol. The van der Waals surface area contributed by atoms with E-state index in [9.17, 15) is 0 Å². The molecule has 0 N–H and O–H groups in total. The molecule has 0 saturated carbocycles. The third kappa shape index (κ3) is 5.87. The van der Waals surface area contributed by atoms with Crippen molar-refractivity contribution >= 4 is 11.6 Å². The van der Waals surface area contributed by atoms with Crippen molar-refractivity contribution in [2.24, 2.45) is 5.92 Å². The van der Waals surface area contributed by atoms with Gasteiger partial charge in [-0.2, -0.15) is 0 Å². The van der Waals surface area contributed by atoms with Gasteiger partial charge in [-0.05, 0) is 78.6 Å². The molecule has 0 aliphatic rings. The molecular weight excluding hydrogens is 352 g/mol. The first-order valence-electron chi connectivity index (χ1n) is 9.69. The number of para-hydroxylation sites is 1. The zero-order valence-corrected chi connectivity index (χ0v) is 16.8. The fourth-order valence-corrected chi connectivity index (χ4v) is 3.64. The van der Waals surface area contributed by atoms with Crippen LogP contribution < -0.4 is 4.74 Å². The summed E-state index contributed by atoms with van der Waals surface area (Å²) in [4.78, 5) is 0. The molecule has 0 aliphatic carbocycles. The number of ether oxygens (including phenoxy) is 1. The van der Waals surface area contributed by atoms with E-state index < -0.39 is 0 Å². The summed E-state index contributed by atoms with van der Waals surface area (Å²) in [6, 6.07) is 26.7. The van der Waals surface area contributed by atoms with Crippen LogP contribution in [0, 0.1) is 5.92 Å². The van der Waals surface area contributed by atoms with Gasteiger partial charge in [0.15, 0.2) is 0 Å². The molecule has 0 amide bonds. The lowest BCUT2D eigenvalue weighted by Gasteiger charge is -2.21. The minimum absolute atomic E-state index is 0.561. The maximum absolute atomic E-state index is 6.04. The van der Waals surface area contributed by atoms with Crippen LogP contribution in [-0.4, -0.2) is 0 Å². The molecule has 3 rings (SSSR count). The fraction of sp³-hybridized carbons (Fsp3) is 0.280. The van der Waals surface area contributed by atoms with E-state index >= 15 is 0 Å². The van der Waals surface area contributed by atoms with E-state index in [4.69, 9.17) is 16.3 Å². The van der Waals surface area contributed by atoms with Gasteiger partial charge in [0.05, 0.1) is 0 Å². The number of hydrogen-bond acceptors (Lipinski definition) is 1. The van der Waals surface area contributed by atoms with Gasteiger partial charge in [0.25, 0.3) is 0 Å². The summed E-state index contributed by atoms with van der Waals surface area (Å²) >= 11 is 6.04. The Morgan fingerprint density at radius 3 is 2.22 bits per heavy atom. The Hall–Kier alpha value is -2.25. The molecule has 0 fully saturated rings. The molecule has 3 aromatic carbocycles. The molecule has 0 saturated heterocycles. The van der Waals surface area contributed by atoms with Crippen LogP contribution in [0.25, 0.3) is 0 Å². The first kappa shape index (κ1) is 19.5. The standard InChI is InChI=1S/C25H27ClO/c1-19(2)25(21-14-16-22(26)17-15-21)13-7-9-20-8-6-12-24(18-20)27-23-10-4-3-5-11-23/h3-6,8,10-12,14-19,25H,7,9,13H2,1-2H3. The Labute approximate surface area is 168 Å². The van der Waals surface area contributed by atoms with Crippen LogP contribution in [0.5, 0.6) is 11.5 Å². The molecule has 3 aromatic rings. The van der Waals surface area contributed by atoms with E-state index in [1.807, 2.05) is 48.5 Å². The fourth-order valence-electron chi connectivity index (χ4n) is 3.51. The molecule has 1 unspecified atom stereocenters. The molecule has 1 nitrogen and oxygen atoms in total. The normalized spacial score (nSPS) is 12.1. The van der Waals surface area contributed by atoms with Gasteiger partial charge in [0.1, 0.15) is 11.5 Å². The van der Waals surface area contributed by atoms with Crippen LogP contribution in [0.4, 0.5) is 0 Å². The average molecular weight is 379 g/mol. The lowest BCUT2D eigenvalue weighted by molar-refractivity contribution is 0.454. The summed E-state index contributed by atoms with van der Waals surface area (Å²) in [5.74, 6) is 2.94. The summed E-state index contributed by atoms with van der Waals surface area (Å²) < 4.78 is 5.95. The maximum Gasteiger partial charge on any atom is 0.127 e. The maximum atomic E-state index is 6.04. The van der Waals surface area contributed by atoms with Crippen LogP contribution in [0.3, 0.4) is 0 Å². The van der Waals surface area contributed by atoms with Gasteiger partial charge in [0, 0.05) is 5.02 Å². The Kier molecular flexibility index (Phi) is 6.95.